The van der Waals surface area contributed by atoms with E-state index in [2.05, 4.69) is 0 Å². The van der Waals surface area contributed by atoms with Gasteiger partial charge in [-0.2, -0.15) is 0 Å². The van der Waals surface area contributed by atoms with E-state index in [1.54, 1.807) is 36.4 Å². The fourth-order valence-electron chi connectivity index (χ4n) is 2.17. The lowest BCUT2D eigenvalue weighted by molar-refractivity contribution is 0.104. The molecule has 0 aliphatic carbocycles. The molecule has 0 aliphatic rings. The van der Waals surface area contributed by atoms with Gasteiger partial charge in [-0.15, -0.1) is 0 Å². The monoisotopic (exact) mass is 314 g/mol. The van der Waals surface area contributed by atoms with Crippen molar-refractivity contribution in [2.24, 2.45) is 0 Å². The molecule has 0 radical (unpaired) electrons. The van der Waals surface area contributed by atoms with Crippen molar-refractivity contribution in [2.75, 3.05) is 21.3 Å². The van der Waals surface area contributed by atoms with Crippen LogP contribution in [-0.2, 0) is 0 Å². The van der Waals surface area contributed by atoms with E-state index in [4.69, 9.17) is 14.2 Å². The number of para-hydroxylation sites is 2. The number of carbonyl (C=O) groups excluding carboxylic acids is 1. The number of phenols is 1. The number of hydrogen-bond acceptors (Lipinski definition) is 5. The van der Waals surface area contributed by atoms with Crippen LogP contribution in [0, 0.1) is 0 Å². The van der Waals surface area contributed by atoms with Gasteiger partial charge in [-0.25, -0.2) is 0 Å². The van der Waals surface area contributed by atoms with E-state index >= 15 is 0 Å². The van der Waals surface area contributed by atoms with E-state index in [0.717, 1.165) is 0 Å². The molecule has 0 fully saturated rings. The first kappa shape index (κ1) is 16.4. The summed E-state index contributed by atoms with van der Waals surface area (Å²) >= 11 is 0. The van der Waals surface area contributed by atoms with Crippen molar-refractivity contribution in [1.29, 1.82) is 0 Å². The molecular weight excluding hydrogens is 296 g/mol. The van der Waals surface area contributed by atoms with Crippen molar-refractivity contribution in [2.45, 2.75) is 0 Å². The molecule has 0 atom stereocenters. The van der Waals surface area contributed by atoms with Crippen LogP contribution in [-0.4, -0.2) is 32.2 Å². The quantitative estimate of drug-likeness (QED) is 0.654. The molecule has 0 saturated heterocycles. The SMILES string of the molecule is COc1cccc(/C=C/C(=O)c2cccc(OC)c2OC)c1O. The van der Waals surface area contributed by atoms with Gasteiger partial charge in [0.05, 0.1) is 26.9 Å². The van der Waals surface area contributed by atoms with Gasteiger partial charge in [0.15, 0.2) is 28.8 Å². The maximum Gasteiger partial charge on any atom is 0.189 e. The Morgan fingerprint density at radius 1 is 0.957 bits per heavy atom. The number of ether oxygens (including phenoxy) is 3. The minimum atomic E-state index is -0.261. The number of hydrogen-bond donors (Lipinski definition) is 1. The van der Waals surface area contributed by atoms with Crippen molar-refractivity contribution in [3.05, 3.63) is 53.6 Å². The standard InChI is InChI=1S/C18H18O5/c1-21-15-8-4-6-12(17(15)20)10-11-14(19)13-7-5-9-16(22-2)18(13)23-3/h4-11,20H,1-3H3/b11-10+. The summed E-state index contributed by atoms with van der Waals surface area (Å²) in [6.45, 7) is 0. The van der Waals surface area contributed by atoms with Gasteiger partial charge in [-0.3, -0.25) is 4.79 Å². The average Bonchev–Trinajstić information content (AvgIpc) is 2.59. The van der Waals surface area contributed by atoms with E-state index in [9.17, 15) is 9.90 Å². The van der Waals surface area contributed by atoms with Crippen LogP contribution < -0.4 is 14.2 Å². The second kappa shape index (κ2) is 7.35. The Bertz CT molecular complexity index is 734. The van der Waals surface area contributed by atoms with Gasteiger partial charge >= 0.3 is 0 Å². The Morgan fingerprint density at radius 2 is 1.61 bits per heavy atom. The number of benzene rings is 2. The minimum absolute atomic E-state index is 0.0170. The zero-order valence-corrected chi connectivity index (χ0v) is 13.2. The smallest absolute Gasteiger partial charge is 0.189 e. The van der Waals surface area contributed by atoms with Gasteiger partial charge in [-0.1, -0.05) is 18.2 Å². The predicted molar refractivity (Wildman–Crippen MR) is 87.6 cm³/mol. The number of carbonyl (C=O) groups is 1. The molecule has 0 bridgehead atoms. The van der Waals surface area contributed by atoms with E-state index < -0.39 is 0 Å². The van der Waals surface area contributed by atoms with E-state index in [1.165, 1.54) is 33.5 Å². The lowest BCUT2D eigenvalue weighted by Gasteiger charge is -2.10. The van der Waals surface area contributed by atoms with Crippen molar-refractivity contribution in [3.63, 3.8) is 0 Å². The topological polar surface area (TPSA) is 65.0 Å². The average molecular weight is 314 g/mol. The summed E-state index contributed by atoms with van der Waals surface area (Å²) in [5, 5.41) is 10.0. The lowest BCUT2D eigenvalue weighted by Crippen LogP contribution is -2.01. The first-order chi connectivity index (χ1) is 11.1. The molecule has 0 aromatic heterocycles. The number of allylic oxidation sites excluding steroid dienone is 1. The molecule has 5 heteroatoms. The van der Waals surface area contributed by atoms with E-state index in [0.29, 0.717) is 28.4 Å². The molecule has 0 unspecified atom stereocenters. The first-order valence-electron chi connectivity index (χ1n) is 6.91. The highest BCUT2D eigenvalue weighted by atomic mass is 16.5. The van der Waals surface area contributed by atoms with Crippen molar-refractivity contribution >= 4 is 11.9 Å². The summed E-state index contributed by atoms with van der Waals surface area (Å²) in [4.78, 5) is 12.4. The van der Waals surface area contributed by atoms with Crippen LogP contribution in [0.4, 0.5) is 0 Å². The van der Waals surface area contributed by atoms with Crippen LogP contribution >= 0.6 is 0 Å². The Labute approximate surface area is 134 Å². The van der Waals surface area contributed by atoms with Crippen LogP contribution in [0.25, 0.3) is 6.08 Å². The normalized spacial score (nSPS) is 10.6. The summed E-state index contributed by atoms with van der Waals surface area (Å²) in [5.41, 5.74) is 0.866. The van der Waals surface area contributed by atoms with Crippen LogP contribution in [0.15, 0.2) is 42.5 Å². The predicted octanol–water partition coefficient (Wildman–Crippen LogP) is 3.31. The Hall–Kier alpha value is -2.95. The highest BCUT2D eigenvalue weighted by molar-refractivity contribution is 6.09. The molecule has 0 spiro atoms. The summed E-state index contributed by atoms with van der Waals surface area (Å²) in [7, 11) is 4.46. The molecule has 120 valence electrons. The van der Waals surface area contributed by atoms with Crippen molar-refractivity contribution < 1.29 is 24.1 Å². The Kier molecular flexibility index (Phi) is 5.25. The Morgan fingerprint density at radius 3 is 2.26 bits per heavy atom. The fraction of sp³-hybridized carbons (Fsp3) is 0.167. The van der Waals surface area contributed by atoms with Crippen molar-refractivity contribution in [3.8, 4) is 23.0 Å². The first-order valence-corrected chi connectivity index (χ1v) is 6.91. The maximum atomic E-state index is 12.4. The van der Waals surface area contributed by atoms with Gasteiger partial charge in [0.1, 0.15) is 0 Å². The lowest BCUT2D eigenvalue weighted by atomic mass is 10.1. The van der Waals surface area contributed by atoms with E-state index in [-0.39, 0.29) is 11.5 Å². The number of methoxy groups -OCH3 is 3. The second-order valence-electron chi connectivity index (χ2n) is 4.64. The van der Waals surface area contributed by atoms with Crippen LogP contribution in [0.5, 0.6) is 23.0 Å². The molecule has 0 saturated carbocycles. The van der Waals surface area contributed by atoms with Gasteiger partial charge < -0.3 is 19.3 Å². The summed E-state index contributed by atoms with van der Waals surface area (Å²) in [6.07, 6.45) is 2.89. The number of aromatic hydroxyl groups is 1. The second-order valence-corrected chi connectivity index (χ2v) is 4.64. The highest BCUT2D eigenvalue weighted by Gasteiger charge is 2.14. The number of rotatable bonds is 6. The summed E-state index contributed by atoms with van der Waals surface area (Å²) < 4.78 is 15.5. The third-order valence-corrected chi connectivity index (χ3v) is 3.33. The van der Waals surface area contributed by atoms with Gasteiger partial charge in [-0.05, 0) is 30.4 Å². The molecule has 5 nitrogen and oxygen atoms in total. The molecule has 1 N–H and O–H groups in total. The van der Waals surface area contributed by atoms with Crippen LogP contribution in [0.3, 0.4) is 0 Å². The molecule has 2 aromatic carbocycles. The molecule has 2 rings (SSSR count). The fourth-order valence-corrected chi connectivity index (χ4v) is 2.17. The molecular formula is C18H18O5. The Balaban J connectivity index is 2.33. The number of ketones is 1. The van der Waals surface area contributed by atoms with Gasteiger partial charge in [0.25, 0.3) is 0 Å². The summed E-state index contributed by atoms with van der Waals surface area (Å²) in [5.74, 6) is 0.925. The van der Waals surface area contributed by atoms with Gasteiger partial charge in [0, 0.05) is 5.56 Å². The number of phenolic OH excluding ortho intramolecular Hbond substituents is 1. The summed E-state index contributed by atoms with van der Waals surface area (Å²) in [6, 6.07) is 10.1. The van der Waals surface area contributed by atoms with Crippen LogP contribution in [0.2, 0.25) is 0 Å². The third kappa shape index (κ3) is 3.45. The molecule has 2 aromatic rings. The van der Waals surface area contributed by atoms with Gasteiger partial charge in [0.2, 0.25) is 0 Å². The van der Waals surface area contributed by atoms with Crippen molar-refractivity contribution in [1.82, 2.24) is 0 Å². The zero-order chi connectivity index (χ0) is 16.8. The third-order valence-electron chi connectivity index (χ3n) is 3.33. The maximum absolute atomic E-state index is 12.4. The molecule has 0 heterocycles. The molecule has 23 heavy (non-hydrogen) atoms. The van der Waals surface area contributed by atoms with Crippen LogP contribution in [0.1, 0.15) is 15.9 Å². The largest absolute Gasteiger partial charge is 0.504 e. The molecule has 0 amide bonds. The zero-order valence-electron chi connectivity index (χ0n) is 13.2. The molecule has 0 aliphatic heterocycles. The van der Waals surface area contributed by atoms with E-state index in [1.807, 2.05) is 0 Å². The minimum Gasteiger partial charge on any atom is -0.504 e. The highest BCUT2D eigenvalue weighted by Crippen LogP contribution is 2.32.